The number of allylic oxidation sites excluding steroid dienone is 10. The molecular weight excluding hydrogens is 877 g/mol. The molecule has 0 aromatic carbocycles. The molecule has 0 saturated carbocycles. The van der Waals surface area contributed by atoms with Gasteiger partial charge in [0.1, 0.15) is 13.2 Å². The zero-order chi connectivity index (χ0) is 51.4. The van der Waals surface area contributed by atoms with Crippen LogP contribution in [-0.2, 0) is 28.6 Å². The van der Waals surface area contributed by atoms with Crippen LogP contribution in [0.3, 0.4) is 0 Å². The van der Waals surface area contributed by atoms with Crippen LogP contribution in [0.25, 0.3) is 0 Å². The summed E-state index contributed by atoms with van der Waals surface area (Å²) in [5.74, 6) is -0.912. The normalized spacial score (nSPS) is 12.4. The quantitative estimate of drug-likeness (QED) is 0.0261. The van der Waals surface area contributed by atoms with Crippen molar-refractivity contribution in [3.05, 3.63) is 60.8 Å². The number of ether oxygens (including phenoxy) is 3. The lowest BCUT2D eigenvalue weighted by Crippen LogP contribution is -2.30. The van der Waals surface area contributed by atoms with Crippen LogP contribution in [0, 0.1) is 0 Å². The minimum Gasteiger partial charge on any atom is -0.462 e. The smallest absolute Gasteiger partial charge is 0.306 e. The lowest BCUT2D eigenvalue weighted by molar-refractivity contribution is -0.167. The summed E-state index contributed by atoms with van der Waals surface area (Å²) >= 11 is 0. The Morgan fingerprint density at radius 1 is 0.296 bits per heavy atom. The molecular formula is C65H116O6. The van der Waals surface area contributed by atoms with Crippen LogP contribution in [-0.4, -0.2) is 37.2 Å². The van der Waals surface area contributed by atoms with Gasteiger partial charge in [-0.1, -0.05) is 274 Å². The molecule has 0 aliphatic heterocycles. The molecule has 412 valence electrons. The fourth-order valence-corrected chi connectivity index (χ4v) is 8.90. The number of hydrogen-bond acceptors (Lipinski definition) is 6. The van der Waals surface area contributed by atoms with Crippen LogP contribution < -0.4 is 0 Å². The molecule has 0 heterocycles. The Morgan fingerprint density at radius 3 is 0.901 bits per heavy atom. The minimum atomic E-state index is -0.790. The number of esters is 3. The summed E-state index contributed by atoms with van der Waals surface area (Å²) in [6.07, 6.45) is 75.1. The van der Waals surface area contributed by atoms with E-state index in [1.807, 2.05) is 0 Å². The third-order valence-corrected chi connectivity index (χ3v) is 13.5. The lowest BCUT2D eigenvalue weighted by Gasteiger charge is -2.18. The van der Waals surface area contributed by atoms with Crippen molar-refractivity contribution < 1.29 is 28.6 Å². The highest BCUT2D eigenvalue weighted by Gasteiger charge is 2.19. The predicted octanol–water partition coefficient (Wildman–Crippen LogP) is 20.8. The molecule has 0 spiro atoms. The fraction of sp³-hybridized carbons (Fsp3) is 0.800. The molecule has 6 nitrogen and oxygen atoms in total. The summed E-state index contributed by atoms with van der Waals surface area (Å²) in [5, 5.41) is 0. The zero-order valence-electron chi connectivity index (χ0n) is 47.2. The summed E-state index contributed by atoms with van der Waals surface area (Å²) in [6, 6.07) is 0. The topological polar surface area (TPSA) is 78.9 Å². The molecule has 0 aromatic rings. The Hall–Kier alpha value is -2.89. The highest BCUT2D eigenvalue weighted by Crippen LogP contribution is 2.17. The largest absolute Gasteiger partial charge is 0.462 e. The second-order valence-corrected chi connectivity index (χ2v) is 20.6. The van der Waals surface area contributed by atoms with Crippen LogP contribution in [0.4, 0.5) is 0 Å². The van der Waals surface area contributed by atoms with Gasteiger partial charge in [-0.15, -0.1) is 0 Å². The molecule has 0 aromatic heterocycles. The average Bonchev–Trinajstić information content (AvgIpc) is 3.37. The van der Waals surface area contributed by atoms with Crippen molar-refractivity contribution in [3.63, 3.8) is 0 Å². The Bertz CT molecular complexity index is 1280. The van der Waals surface area contributed by atoms with Gasteiger partial charge >= 0.3 is 17.9 Å². The van der Waals surface area contributed by atoms with Gasteiger partial charge in [0.2, 0.25) is 0 Å². The van der Waals surface area contributed by atoms with E-state index in [-0.39, 0.29) is 31.1 Å². The molecule has 0 unspecified atom stereocenters. The van der Waals surface area contributed by atoms with E-state index < -0.39 is 6.10 Å². The van der Waals surface area contributed by atoms with Gasteiger partial charge in [-0.3, -0.25) is 14.4 Å². The van der Waals surface area contributed by atoms with Crippen molar-refractivity contribution in [3.8, 4) is 0 Å². The summed E-state index contributed by atoms with van der Waals surface area (Å²) in [4.78, 5) is 38.2. The third kappa shape index (κ3) is 57.9. The Morgan fingerprint density at radius 2 is 0.549 bits per heavy atom. The fourth-order valence-electron chi connectivity index (χ4n) is 8.90. The van der Waals surface area contributed by atoms with Crippen LogP contribution >= 0.6 is 0 Å². The standard InChI is InChI=1S/C65H116O6/c1-4-7-10-13-16-19-22-25-28-30-31-32-33-35-37-40-43-46-49-52-55-58-64(67)70-61-62(60-69-63(66)57-54-51-48-45-42-39-36-27-24-21-18-15-12-9-6-3)71-65(68)59-56-53-50-47-44-41-38-34-29-26-23-20-17-14-11-8-5-2/h9,12,18,21,25,27-28,36,42,45,62H,4-8,10-11,13-17,19-20,22-24,26,29-35,37-41,43-44,46-61H2,1-3H3/b12-9-,21-18-,28-25-,36-27-,45-42-/t62-/m1/s1. The summed E-state index contributed by atoms with van der Waals surface area (Å²) < 4.78 is 16.9. The van der Waals surface area contributed by atoms with Gasteiger partial charge in [0.25, 0.3) is 0 Å². The van der Waals surface area contributed by atoms with Crippen LogP contribution in [0.5, 0.6) is 0 Å². The molecule has 0 radical (unpaired) electrons. The maximum Gasteiger partial charge on any atom is 0.306 e. The van der Waals surface area contributed by atoms with Gasteiger partial charge in [-0.25, -0.2) is 0 Å². The number of hydrogen-bond donors (Lipinski definition) is 0. The highest BCUT2D eigenvalue weighted by atomic mass is 16.6. The molecule has 0 N–H and O–H groups in total. The first-order chi connectivity index (χ1) is 35.0. The predicted molar refractivity (Wildman–Crippen MR) is 307 cm³/mol. The zero-order valence-corrected chi connectivity index (χ0v) is 47.2. The van der Waals surface area contributed by atoms with E-state index in [0.29, 0.717) is 19.3 Å². The Kier molecular flexibility index (Phi) is 57.2. The van der Waals surface area contributed by atoms with Gasteiger partial charge in [0, 0.05) is 19.3 Å². The van der Waals surface area contributed by atoms with E-state index in [2.05, 4.69) is 81.5 Å². The molecule has 0 bridgehead atoms. The SMILES string of the molecule is CC/C=C\C/C=C\C/C=C\C/C=C\CCCCC(=O)OC[C@H](COC(=O)CCCCCCCCCCCCC/C=C\CCCCCCCC)OC(=O)CCCCCCCCCCCCCCCCCCC. The molecule has 71 heavy (non-hydrogen) atoms. The molecule has 1 atom stereocenters. The van der Waals surface area contributed by atoms with E-state index in [1.54, 1.807) is 0 Å². The van der Waals surface area contributed by atoms with E-state index in [4.69, 9.17) is 14.2 Å². The second kappa shape index (κ2) is 59.7. The maximum absolute atomic E-state index is 12.9. The first-order valence-electron chi connectivity index (χ1n) is 30.8. The number of unbranched alkanes of at least 4 members (excludes halogenated alkanes) is 35. The second-order valence-electron chi connectivity index (χ2n) is 20.6. The number of carbonyl (C=O) groups excluding carboxylic acids is 3. The summed E-state index contributed by atoms with van der Waals surface area (Å²) in [7, 11) is 0. The van der Waals surface area contributed by atoms with Crippen molar-refractivity contribution in [2.24, 2.45) is 0 Å². The monoisotopic (exact) mass is 993 g/mol. The molecule has 0 aliphatic carbocycles. The Labute approximate surface area is 440 Å². The van der Waals surface area contributed by atoms with Crippen molar-refractivity contribution in [2.75, 3.05) is 13.2 Å². The van der Waals surface area contributed by atoms with Crippen LogP contribution in [0.1, 0.15) is 316 Å². The molecule has 0 amide bonds. The van der Waals surface area contributed by atoms with Gasteiger partial charge in [0.05, 0.1) is 0 Å². The molecule has 0 saturated heterocycles. The molecule has 0 rings (SSSR count). The van der Waals surface area contributed by atoms with Crippen LogP contribution in [0.2, 0.25) is 0 Å². The van der Waals surface area contributed by atoms with E-state index in [1.165, 1.54) is 193 Å². The van der Waals surface area contributed by atoms with Crippen molar-refractivity contribution in [2.45, 2.75) is 322 Å². The van der Waals surface area contributed by atoms with Gasteiger partial charge in [-0.2, -0.15) is 0 Å². The van der Waals surface area contributed by atoms with Gasteiger partial charge < -0.3 is 14.2 Å². The van der Waals surface area contributed by atoms with Crippen molar-refractivity contribution in [1.29, 1.82) is 0 Å². The van der Waals surface area contributed by atoms with E-state index in [0.717, 1.165) is 83.5 Å². The summed E-state index contributed by atoms with van der Waals surface area (Å²) in [5.41, 5.74) is 0. The number of carbonyl (C=O) groups is 3. The number of rotatable bonds is 56. The van der Waals surface area contributed by atoms with E-state index >= 15 is 0 Å². The minimum absolute atomic E-state index is 0.0846. The first kappa shape index (κ1) is 68.1. The van der Waals surface area contributed by atoms with Crippen LogP contribution in [0.15, 0.2) is 60.8 Å². The summed E-state index contributed by atoms with van der Waals surface area (Å²) in [6.45, 7) is 6.53. The third-order valence-electron chi connectivity index (χ3n) is 13.5. The van der Waals surface area contributed by atoms with Crippen molar-refractivity contribution >= 4 is 17.9 Å². The molecule has 0 fully saturated rings. The van der Waals surface area contributed by atoms with E-state index in [9.17, 15) is 14.4 Å². The molecule has 0 aliphatic rings. The maximum atomic E-state index is 12.9. The Balaban J connectivity index is 4.36. The van der Waals surface area contributed by atoms with Crippen molar-refractivity contribution in [1.82, 2.24) is 0 Å². The molecule has 6 heteroatoms. The highest BCUT2D eigenvalue weighted by molar-refractivity contribution is 5.71. The average molecular weight is 994 g/mol. The van der Waals surface area contributed by atoms with Gasteiger partial charge in [0.15, 0.2) is 6.10 Å². The first-order valence-corrected chi connectivity index (χ1v) is 30.8. The van der Waals surface area contributed by atoms with Gasteiger partial charge in [-0.05, 0) is 83.5 Å². The lowest BCUT2D eigenvalue weighted by atomic mass is 10.0.